The van der Waals surface area contributed by atoms with Gasteiger partial charge in [0.1, 0.15) is 6.10 Å². The van der Waals surface area contributed by atoms with Crippen LogP contribution in [0.15, 0.2) is 0 Å². The molecule has 0 radical (unpaired) electrons. The maximum atomic E-state index is 12.3. The molecule has 20 heavy (non-hydrogen) atoms. The molecule has 1 saturated carbocycles. The summed E-state index contributed by atoms with van der Waals surface area (Å²) in [5, 5.41) is 1.52. The summed E-state index contributed by atoms with van der Waals surface area (Å²) in [4.78, 5) is 20.2. The zero-order valence-corrected chi connectivity index (χ0v) is 12.0. The van der Waals surface area contributed by atoms with Crippen molar-refractivity contribution in [3.63, 3.8) is 0 Å². The van der Waals surface area contributed by atoms with Gasteiger partial charge in [-0.15, -0.1) is 0 Å². The van der Waals surface area contributed by atoms with Gasteiger partial charge in [-0.1, -0.05) is 0 Å². The molecule has 4 aliphatic rings. The molecule has 112 valence electrons. The molecular weight excluding hydrogens is 256 g/mol. The topological polar surface area (TPSA) is 42.0 Å². The number of ether oxygens (including phenoxy) is 1. The molecule has 3 aliphatic heterocycles. The molecule has 0 unspecified atom stereocenters. The zero-order valence-electron chi connectivity index (χ0n) is 12.0. The molecule has 0 aromatic carbocycles. The van der Waals surface area contributed by atoms with E-state index in [1.807, 2.05) is 0 Å². The van der Waals surface area contributed by atoms with Crippen molar-refractivity contribution in [1.82, 2.24) is 9.96 Å². The number of piperidine rings is 1. The number of nitrogens with zero attached hydrogens (tertiary/aromatic N) is 2. The van der Waals surface area contributed by atoms with Crippen molar-refractivity contribution in [3.05, 3.63) is 0 Å². The lowest BCUT2D eigenvalue weighted by atomic mass is 9.91. The van der Waals surface area contributed by atoms with Crippen LogP contribution in [0.5, 0.6) is 0 Å². The summed E-state index contributed by atoms with van der Waals surface area (Å²) in [6.45, 7) is 4.83. The Morgan fingerprint density at radius 3 is 2.85 bits per heavy atom. The minimum absolute atomic E-state index is 0.0469. The summed E-state index contributed by atoms with van der Waals surface area (Å²) in [5.41, 5.74) is 0. The van der Waals surface area contributed by atoms with Crippen LogP contribution in [0.4, 0.5) is 0 Å². The van der Waals surface area contributed by atoms with Gasteiger partial charge in [-0.3, -0.25) is 9.63 Å². The molecular formula is C15H24N2O3. The van der Waals surface area contributed by atoms with E-state index in [1.165, 1.54) is 37.4 Å². The molecule has 0 bridgehead atoms. The molecule has 0 aromatic rings. The lowest BCUT2D eigenvalue weighted by Gasteiger charge is -2.34. The van der Waals surface area contributed by atoms with Crippen molar-refractivity contribution < 1.29 is 14.4 Å². The van der Waals surface area contributed by atoms with Gasteiger partial charge >= 0.3 is 0 Å². The van der Waals surface area contributed by atoms with Gasteiger partial charge in [0.2, 0.25) is 0 Å². The lowest BCUT2D eigenvalue weighted by Crippen LogP contribution is -2.43. The van der Waals surface area contributed by atoms with Crippen LogP contribution in [-0.2, 0) is 14.4 Å². The van der Waals surface area contributed by atoms with E-state index in [2.05, 4.69) is 4.90 Å². The van der Waals surface area contributed by atoms with Crippen LogP contribution >= 0.6 is 0 Å². The molecule has 5 heteroatoms. The number of rotatable bonds is 3. The van der Waals surface area contributed by atoms with Crippen LogP contribution in [0, 0.1) is 11.8 Å². The van der Waals surface area contributed by atoms with Gasteiger partial charge in [-0.2, -0.15) is 0 Å². The number of hydrogen-bond donors (Lipinski definition) is 0. The quantitative estimate of drug-likeness (QED) is 0.774. The van der Waals surface area contributed by atoms with Gasteiger partial charge in [0.25, 0.3) is 5.91 Å². The first kappa shape index (κ1) is 13.0. The van der Waals surface area contributed by atoms with Gasteiger partial charge in [0.15, 0.2) is 0 Å². The minimum atomic E-state index is -0.260. The average Bonchev–Trinajstić information content (AvgIpc) is 2.96. The third-order valence-electron chi connectivity index (χ3n) is 5.12. The van der Waals surface area contributed by atoms with Crippen molar-refractivity contribution in [2.75, 3.05) is 32.8 Å². The van der Waals surface area contributed by atoms with E-state index in [4.69, 9.17) is 9.57 Å². The summed E-state index contributed by atoms with van der Waals surface area (Å²) in [7, 11) is 0. The molecule has 3 saturated heterocycles. The first-order valence-corrected chi connectivity index (χ1v) is 8.12. The van der Waals surface area contributed by atoms with Crippen LogP contribution in [0.2, 0.25) is 0 Å². The lowest BCUT2D eigenvalue weighted by molar-refractivity contribution is -0.180. The highest BCUT2D eigenvalue weighted by Crippen LogP contribution is 2.36. The van der Waals surface area contributed by atoms with Crippen LogP contribution in [-0.4, -0.2) is 60.9 Å². The van der Waals surface area contributed by atoms with Gasteiger partial charge < -0.3 is 9.64 Å². The average molecular weight is 280 g/mol. The van der Waals surface area contributed by atoms with E-state index >= 15 is 0 Å². The number of fused-ring (bicyclic) bond motifs is 1. The fourth-order valence-electron chi connectivity index (χ4n) is 3.77. The summed E-state index contributed by atoms with van der Waals surface area (Å²) >= 11 is 0. The van der Waals surface area contributed by atoms with E-state index in [9.17, 15) is 4.79 Å². The smallest absolute Gasteiger partial charge is 0.275 e. The Balaban J connectivity index is 1.33. The molecule has 1 amide bonds. The van der Waals surface area contributed by atoms with Crippen molar-refractivity contribution in [3.8, 4) is 0 Å². The number of likely N-dealkylation sites (tertiary alicyclic amines) is 1. The van der Waals surface area contributed by atoms with Crippen LogP contribution < -0.4 is 0 Å². The number of carbonyl (C=O) groups is 1. The van der Waals surface area contributed by atoms with Crippen molar-refractivity contribution in [2.24, 2.45) is 11.8 Å². The Hall–Kier alpha value is -0.650. The Bertz CT molecular complexity index is 379. The standard InChI is InChI=1S/C15H24N2O3/c18-15(17-5-1-7-19-17)13-8-12-4-6-16(9-11-2-3-11)10-14(12)20-13/h11-14H,1-10H2/t12-,13+,14+/m1/s1. The molecule has 3 heterocycles. The fraction of sp³-hybridized carbons (Fsp3) is 0.933. The highest BCUT2D eigenvalue weighted by molar-refractivity contribution is 5.80. The second kappa shape index (κ2) is 5.28. The fourth-order valence-corrected chi connectivity index (χ4v) is 3.77. The summed E-state index contributed by atoms with van der Waals surface area (Å²) in [6.07, 6.45) is 5.82. The third kappa shape index (κ3) is 2.59. The number of hydrogen-bond acceptors (Lipinski definition) is 4. The van der Waals surface area contributed by atoms with Crippen molar-refractivity contribution in [2.45, 2.75) is 44.3 Å². The second-order valence-electron chi connectivity index (χ2n) is 6.78. The largest absolute Gasteiger partial charge is 0.363 e. The monoisotopic (exact) mass is 280 g/mol. The normalized spacial score (nSPS) is 38.2. The van der Waals surface area contributed by atoms with Crippen molar-refractivity contribution in [1.29, 1.82) is 0 Å². The molecule has 3 atom stereocenters. The first-order valence-electron chi connectivity index (χ1n) is 8.12. The van der Waals surface area contributed by atoms with Gasteiger partial charge in [-0.05, 0) is 50.5 Å². The van der Waals surface area contributed by atoms with Gasteiger partial charge in [0, 0.05) is 13.1 Å². The SMILES string of the molecule is O=C([C@@H]1C[C@H]2CCN(CC3CC3)C[C@@H]2O1)N1CCCO1. The highest BCUT2D eigenvalue weighted by atomic mass is 16.7. The predicted octanol–water partition coefficient (Wildman–Crippen LogP) is 1.04. The van der Waals surface area contributed by atoms with Crippen molar-refractivity contribution >= 4 is 5.91 Å². The van der Waals surface area contributed by atoms with Gasteiger partial charge in [-0.25, -0.2) is 5.06 Å². The number of carbonyl (C=O) groups excluding carboxylic acids is 1. The predicted molar refractivity (Wildman–Crippen MR) is 72.8 cm³/mol. The van der Waals surface area contributed by atoms with E-state index in [1.54, 1.807) is 0 Å². The van der Waals surface area contributed by atoms with Crippen LogP contribution in [0.3, 0.4) is 0 Å². The third-order valence-corrected chi connectivity index (χ3v) is 5.12. The molecule has 0 aromatic heterocycles. The Kier molecular flexibility index (Phi) is 3.44. The first-order chi connectivity index (χ1) is 9.79. The van der Waals surface area contributed by atoms with Crippen LogP contribution in [0.1, 0.15) is 32.1 Å². The number of hydroxylamine groups is 2. The molecule has 5 nitrogen and oxygen atoms in total. The Morgan fingerprint density at radius 2 is 2.10 bits per heavy atom. The minimum Gasteiger partial charge on any atom is -0.363 e. The molecule has 0 N–H and O–H groups in total. The summed E-state index contributed by atoms with van der Waals surface area (Å²) in [5.74, 6) is 1.55. The molecule has 4 fully saturated rings. The molecule has 0 spiro atoms. The summed E-state index contributed by atoms with van der Waals surface area (Å²) in [6, 6.07) is 0. The Morgan fingerprint density at radius 1 is 1.20 bits per heavy atom. The number of amides is 1. The molecule has 4 rings (SSSR count). The maximum absolute atomic E-state index is 12.3. The molecule has 1 aliphatic carbocycles. The van der Waals surface area contributed by atoms with Gasteiger partial charge in [0.05, 0.1) is 19.3 Å². The van der Waals surface area contributed by atoms with Crippen LogP contribution in [0.25, 0.3) is 0 Å². The highest BCUT2D eigenvalue weighted by Gasteiger charge is 2.44. The summed E-state index contributed by atoms with van der Waals surface area (Å²) < 4.78 is 6.06. The van der Waals surface area contributed by atoms with E-state index < -0.39 is 0 Å². The maximum Gasteiger partial charge on any atom is 0.275 e. The van der Waals surface area contributed by atoms with E-state index in [0.29, 0.717) is 12.5 Å². The zero-order chi connectivity index (χ0) is 13.5. The van der Waals surface area contributed by atoms with E-state index in [0.717, 1.165) is 31.8 Å². The Labute approximate surface area is 120 Å². The second-order valence-corrected chi connectivity index (χ2v) is 6.78. The van der Waals surface area contributed by atoms with E-state index in [-0.39, 0.29) is 18.1 Å².